The number of hydrogen-bond donors (Lipinski definition) is 1. The first kappa shape index (κ1) is 15.8. The van der Waals surface area contributed by atoms with Crippen molar-refractivity contribution in [3.63, 3.8) is 0 Å². The van der Waals surface area contributed by atoms with Gasteiger partial charge in [-0.3, -0.25) is 14.4 Å². The summed E-state index contributed by atoms with van der Waals surface area (Å²) in [6, 6.07) is -0.716. The summed E-state index contributed by atoms with van der Waals surface area (Å²) >= 11 is 0. The number of rotatable bonds is 5. The van der Waals surface area contributed by atoms with Crippen LogP contribution < -0.4 is 5.32 Å². The first-order chi connectivity index (χ1) is 10.1. The third kappa shape index (κ3) is 4.19. The van der Waals surface area contributed by atoms with Crippen LogP contribution in [0.4, 0.5) is 0 Å². The maximum Gasteiger partial charge on any atom is 0.308 e. The molecule has 0 radical (unpaired) electrons. The number of carbonyl (C=O) groups is 3. The Bertz CT molecular complexity index is 404. The molecule has 0 aromatic carbocycles. The quantitative estimate of drug-likeness (QED) is 0.763. The topological polar surface area (TPSA) is 75.7 Å². The summed E-state index contributed by atoms with van der Waals surface area (Å²) in [6.07, 6.45) is 4.99. The van der Waals surface area contributed by atoms with Crippen LogP contribution in [-0.2, 0) is 19.1 Å². The number of ether oxygens (including phenoxy) is 1. The van der Waals surface area contributed by atoms with E-state index < -0.39 is 12.0 Å². The number of esters is 1. The highest BCUT2D eigenvalue weighted by Gasteiger charge is 2.35. The Morgan fingerprint density at radius 2 is 2.00 bits per heavy atom. The van der Waals surface area contributed by atoms with Crippen molar-refractivity contribution < 1.29 is 19.1 Å². The number of nitrogens with zero attached hydrogens (tertiary/aromatic N) is 1. The van der Waals surface area contributed by atoms with Crippen LogP contribution in [0.5, 0.6) is 0 Å². The highest BCUT2D eigenvalue weighted by molar-refractivity contribution is 5.92. The van der Waals surface area contributed by atoms with Gasteiger partial charge in [0.2, 0.25) is 11.8 Å². The van der Waals surface area contributed by atoms with Gasteiger partial charge in [0.1, 0.15) is 6.04 Å². The fraction of sp³-hybridized carbons (Fsp3) is 0.800. The molecule has 1 aliphatic heterocycles. The summed E-state index contributed by atoms with van der Waals surface area (Å²) in [5.41, 5.74) is 0. The molecule has 1 saturated carbocycles. The van der Waals surface area contributed by atoms with Gasteiger partial charge < -0.3 is 15.0 Å². The van der Waals surface area contributed by atoms with Gasteiger partial charge >= 0.3 is 5.97 Å². The lowest BCUT2D eigenvalue weighted by atomic mass is 10.0. The van der Waals surface area contributed by atoms with Crippen molar-refractivity contribution in [2.75, 3.05) is 19.7 Å². The Morgan fingerprint density at radius 3 is 2.67 bits per heavy atom. The molecule has 1 aliphatic carbocycles. The average Bonchev–Trinajstić information content (AvgIpc) is 2.94. The number of hydrogen-bond acceptors (Lipinski definition) is 4. The second-order valence-corrected chi connectivity index (χ2v) is 5.76. The smallest absolute Gasteiger partial charge is 0.308 e. The molecule has 2 rings (SSSR count). The Labute approximate surface area is 125 Å². The van der Waals surface area contributed by atoms with E-state index in [0.717, 1.165) is 12.8 Å². The first-order valence-corrected chi connectivity index (χ1v) is 7.84. The van der Waals surface area contributed by atoms with E-state index in [-0.39, 0.29) is 24.8 Å². The molecular weight excluding hydrogens is 272 g/mol. The van der Waals surface area contributed by atoms with E-state index in [1.165, 1.54) is 12.8 Å². The Kier molecular flexibility index (Phi) is 5.59. The monoisotopic (exact) mass is 296 g/mol. The van der Waals surface area contributed by atoms with E-state index in [4.69, 9.17) is 4.74 Å². The van der Waals surface area contributed by atoms with Crippen LogP contribution in [0.1, 0.15) is 45.4 Å². The second kappa shape index (κ2) is 7.43. The highest BCUT2D eigenvalue weighted by atomic mass is 16.5. The van der Waals surface area contributed by atoms with Gasteiger partial charge in [-0.2, -0.15) is 0 Å². The molecule has 118 valence electrons. The fourth-order valence-corrected chi connectivity index (χ4v) is 3.17. The molecule has 0 aromatic rings. The first-order valence-electron chi connectivity index (χ1n) is 7.84. The highest BCUT2D eigenvalue weighted by Crippen LogP contribution is 2.28. The zero-order valence-corrected chi connectivity index (χ0v) is 12.6. The molecular formula is C15H24N2O4. The van der Waals surface area contributed by atoms with Gasteiger partial charge in [-0.1, -0.05) is 12.8 Å². The lowest BCUT2D eigenvalue weighted by molar-refractivity contribution is -0.151. The van der Waals surface area contributed by atoms with Crippen molar-refractivity contribution in [3.8, 4) is 0 Å². The normalized spacial score (nSPS) is 23.0. The molecule has 6 heteroatoms. The predicted molar refractivity (Wildman–Crippen MR) is 76.3 cm³/mol. The number of amides is 2. The molecule has 1 unspecified atom stereocenters. The van der Waals surface area contributed by atoms with Crippen LogP contribution in [0, 0.1) is 5.92 Å². The Balaban J connectivity index is 1.97. The standard InChI is InChI=1S/C15H24N2O4/c1-2-21-14(19)10-12-15(20)16-7-8-17(12)13(18)9-11-5-3-4-6-11/h11-12H,2-10H2,1H3,(H,16,20). The summed E-state index contributed by atoms with van der Waals surface area (Å²) in [5.74, 6) is -0.260. The minimum absolute atomic E-state index is 0.00829. The van der Waals surface area contributed by atoms with E-state index in [1.54, 1.807) is 11.8 Å². The lowest BCUT2D eigenvalue weighted by Gasteiger charge is -2.35. The molecule has 0 spiro atoms. The summed E-state index contributed by atoms with van der Waals surface area (Å²) in [5, 5.41) is 2.72. The predicted octanol–water partition coefficient (Wildman–Crippen LogP) is 0.847. The molecule has 6 nitrogen and oxygen atoms in total. The van der Waals surface area contributed by atoms with Crippen LogP contribution in [0.3, 0.4) is 0 Å². The van der Waals surface area contributed by atoms with Gasteiger partial charge in [0, 0.05) is 19.5 Å². The van der Waals surface area contributed by atoms with Crippen LogP contribution in [-0.4, -0.2) is 48.4 Å². The molecule has 21 heavy (non-hydrogen) atoms. The fourth-order valence-electron chi connectivity index (χ4n) is 3.17. The lowest BCUT2D eigenvalue weighted by Crippen LogP contribution is -2.58. The summed E-state index contributed by atoms with van der Waals surface area (Å²) in [4.78, 5) is 37.6. The zero-order valence-electron chi connectivity index (χ0n) is 12.6. The van der Waals surface area contributed by atoms with Crippen molar-refractivity contribution >= 4 is 17.8 Å². The molecule has 1 atom stereocenters. The van der Waals surface area contributed by atoms with Crippen molar-refractivity contribution in [2.24, 2.45) is 5.92 Å². The van der Waals surface area contributed by atoms with Crippen LogP contribution in [0.15, 0.2) is 0 Å². The number of piperazine rings is 1. The van der Waals surface area contributed by atoms with Gasteiger partial charge in [0.25, 0.3) is 0 Å². The summed E-state index contributed by atoms with van der Waals surface area (Å²) in [7, 11) is 0. The molecule has 0 bridgehead atoms. The maximum absolute atomic E-state index is 12.4. The molecule has 1 N–H and O–H groups in total. The van der Waals surface area contributed by atoms with E-state index in [2.05, 4.69) is 5.32 Å². The number of carbonyl (C=O) groups excluding carboxylic acids is 3. The molecule has 2 fully saturated rings. The largest absolute Gasteiger partial charge is 0.466 e. The van der Waals surface area contributed by atoms with Gasteiger partial charge in [-0.05, 0) is 25.7 Å². The molecule has 2 amide bonds. The zero-order chi connectivity index (χ0) is 15.2. The van der Waals surface area contributed by atoms with Crippen molar-refractivity contribution in [3.05, 3.63) is 0 Å². The molecule has 1 saturated heterocycles. The minimum Gasteiger partial charge on any atom is -0.466 e. The van der Waals surface area contributed by atoms with Crippen LogP contribution in [0.2, 0.25) is 0 Å². The third-order valence-electron chi connectivity index (χ3n) is 4.25. The second-order valence-electron chi connectivity index (χ2n) is 5.76. The average molecular weight is 296 g/mol. The van der Waals surface area contributed by atoms with E-state index in [1.807, 2.05) is 0 Å². The third-order valence-corrected chi connectivity index (χ3v) is 4.25. The van der Waals surface area contributed by atoms with Crippen LogP contribution in [0.25, 0.3) is 0 Å². The molecule has 0 aromatic heterocycles. The summed E-state index contributed by atoms with van der Waals surface area (Å²) in [6.45, 7) is 2.93. The molecule has 1 heterocycles. The summed E-state index contributed by atoms with van der Waals surface area (Å²) < 4.78 is 4.90. The van der Waals surface area contributed by atoms with Crippen molar-refractivity contribution in [1.82, 2.24) is 10.2 Å². The van der Waals surface area contributed by atoms with E-state index in [9.17, 15) is 14.4 Å². The Morgan fingerprint density at radius 1 is 1.29 bits per heavy atom. The SMILES string of the molecule is CCOC(=O)CC1C(=O)NCCN1C(=O)CC1CCCC1. The van der Waals surface area contributed by atoms with E-state index >= 15 is 0 Å². The van der Waals surface area contributed by atoms with Crippen molar-refractivity contribution in [1.29, 1.82) is 0 Å². The molecule has 2 aliphatic rings. The van der Waals surface area contributed by atoms with Crippen LogP contribution >= 0.6 is 0 Å². The van der Waals surface area contributed by atoms with Gasteiger partial charge in [-0.15, -0.1) is 0 Å². The van der Waals surface area contributed by atoms with Gasteiger partial charge in [0.15, 0.2) is 0 Å². The maximum atomic E-state index is 12.4. The minimum atomic E-state index is -0.716. The van der Waals surface area contributed by atoms with Gasteiger partial charge in [0.05, 0.1) is 13.0 Å². The van der Waals surface area contributed by atoms with Gasteiger partial charge in [-0.25, -0.2) is 0 Å². The van der Waals surface area contributed by atoms with Crippen molar-refractivity contribution in [2.45, 2.75) is 51.5 Å². The number of nitrogens with one attached hydrogen (secondary N) is 1. The van der Waals surface area contributed by atoms with E-state index in [0.29, 0.717) is 25.4 Å². The Hall–Kier alpha value is -1.59.